The number of rotatable bonds is 15. The van der Waals surface area contributed by atoms with Gasteiger partial charge in [0.1, 0.15) is 18.1 Å². The van der Waals surface area contributed by atoms with Gasteiger partial charge in [-0.1, -0.05) is 77.4 Å². The molecule has 2 nitrogen and oxygen atoms in total. The van der Waals surface area contributed by atoms with E-state index in [1.807, 2.05) is 24.3 Å². The van der Waals surface area contributed by atoms with Gasteiger partial charge in [-0.3, -0.25) is 0 Å². The molecule has 0 saturated heterocycles. The predicted molar refractivity (Wildman–Crippen MR) is 125 cm³/mol. The van der Waals surface area contributed by atoms with Gasteiger partial charge in [0.15, 0.2) is 0 Å². The highest BCUT2D eigenvalue weighted by molar-refractivity contribution is 5.31. The van der Waals surface area contributed by atoms with Crippen LogP contribution in [0.25, 0.3) is 0 Å². The van der Waals surface area contributed by atoms with E-state index < -0.39 is 0 Å². The number of benzene rings is 1. The van der Waals surface area contributed by atoms with Gasteiger partial charge in [0.2, 0.25) is 0 Å². The van der Waals surface area contributed by atoms with Gasteiger partial charge in [-0.25, -0.2) is 0 Å². The largest absolute Gasteiger partial charge is 0.494 e. The first-order chi connectivity index (χ1) is 14.3. The van der Waals surface area contributed by atoms with Crippen molar-refractivity contribution in [3.8, 4) is 11.5 Å². The second-order valence-electron chi connectivity index (χ2n) is 8.75. The van der Waals surface area contributed by atoms with Crippen molar-refractivity contribution >= 4 is 0 Å². The number of unbranched alkanes of at least 4 members (excludes halogenated alkanes) is 6. The van der Waals surface area contributed by atoms with Crippen LogP contribution in [0.4, 0.5) is 0 Å². The van der Waals surface area contributed by atoms with Crippen molar-refractivity contribution in [2.24, 2.45) is 11.8 Å². The van der Waals surface area contributed by atoms with Crippen molar-refractivity contribution in [1.82, 2.24) is 0 Å². The molecule has 0 spiro atoms. The Bertz CT molecular complexity index is 526. The van der Waals surface area contributed by atoms with Crippen molar-refractivity contribution in [2.75, 3.05) is 13.2 Å². The van der Waals surface area contributed by atoms with Gasteiger partial charge in [0, 0.05) is 0 Å². The quantitative estimate of drug-likeness (QED) is 0.217. The Morgan fingerprint density at radius 1 is 0.759 bits per heavy atom. The van der Waals surface area contributed by atoms with Crippen molar-refractivity contribution in [2.45, 2.75) is 97.3 Å². The van der Waals surface area contributed by atoms with Crippen LogP contribution in [0.3, 0.4) is 0 Å². The van der Waals surface area contributed by atoms with Gasteiger partial charge >= 0.3 is 0 Å². The zero-order valence-corrected chi connectivity index (χ0v) is 19.0. The second-order valence-corrected chi connectivity index (χ2v) is 8.75. The Kier molecular flexibility index (Phi) is 12.7. The molecule has 0 aliphatic heterocycles. The molecular weight excluding hydrogens is 356 g/mol. The Hall–Kier alpha value is -1.44. The molecule has 164 valence electrons. The molecule has 1 saturated carbocycles. The smallest absolute Gasteiger partial charge is 0.120 e. The summed E-state index contributed by atoms with van der Waals surface area (Å²) in [4.78, 5) is 0. The van der Waals surface area contributed by atoms with Gasteiger partial charge in [0.05, 0.1) is 6.61 Å². The van der Waals surface area contributed by atoms with Crippen molar-refractivity contribution in [3.05, 3.63) is 36.4 Å². The molecule has 0 N–H and O–H groups in total. The van der Waals surface area contributed by atoms with Crippen LogP contribution in [0.15, 0.2) is 36.4 Å². The van der Waals surface area contributed by atoms with Gasteiger partial charge in [0.25, 0.3) is 0 Å². The summed E-state index contributed by atoms with van der Waals surface area (Å²) in [6.07, 6.45) is 22.1. The average molecular weight is 401 g/mol. The van der Waals surface area contributed by atoms with Crippen molar-refractivity contribution in [1.29, 1.82) is 0 Å². The average Bonchev–Trinajstić information content (AvgIpc) is 2.76. The van der Waals surface area contributed by atoms with E-state index in [9.17, 15) is 0 Å². The minimum Gasteiger partial charge on any atom is -0.494 e. The van der Waals surface area contributed by atoms with Crippen LogP contribution in [0.5, 0.6) is 11.5 Å². The van der Waals surface area contributed by atoms with E-state index in [1.54, 1.807) is 0 Å². The summed E-state index contributed by atoms with van der Waals surface area (Å²) in [6.45, 7) is 6.01. The molecule has 29 heavy (non-hydrogen) atoms. The summed E-state index contributed by atoms with van der Waals surface area (Å²) in [7, 11) is 0. The topological polar surface area (TPSA) is 18.5 Å². The number of hydrogen-bond donors (Lipinski definition) is 0. The lowest BCUT2D eigenvalue weighted by atomic mass is 9.79. The van der Waals surface area contributed by atoms with Gasteiger partial charge in [-0.15, -0.1) is 0 Å². The molecule has 1 aromatic rings. The molecule has 0 amide bonds. The summed E-state index contributed by atoms with van der Waals surface area (Å²) in [6, 6.07) is 8.07. The Morgan fingerprint density at radius 2 is 1.38 bits per heavy atom. The first kappa shape index (κ1) is 23.8. The molecule has 0 atom stereocenters. The molecule has 2 heteroatoms. The van der Waals surface area contributed by atoms with Crippen LogP contribution >= 0.6 is 0 Å². The van der Waals surface area contributed by atoms with Crippen molar-refractivity contribution < 1.29 is 9.47 Å². The highest BCUT2D eigenvalue weighted by Gasteiger charge is 2.18. The Morgan fingerprint density at radius 3 is 2.07 bits per heavy atom. The van der Waals surface area contributed by atoms with E-state index in [4.69, 9.17) is 9.47 Å². The molecule has 0 bridgehead atoms. The van der Waals surface area contributed by atoms with Gasteiger partial charge in [-0.2, -0.15) is 0 Å². The highest BCUT2D eigenvalue weighted by atomic mass is 16.5. The summed E-state index contributed by atoms with van der Waals surface area (Å²) in [5, 5.41) is 0. The molecule has 1 aromatic carbocycles. The maximum absolute atomic E-state index is 5.87. The minimum absolute atomic E-state index is 0.661. The maximum Gasteiger partial charge on any atom is 0.120 e. The fourth-order valence-corrected chi connectivity index (χ4v) is 4.27. The lowest BCUT2D eigenvalue weighted by Crippen LogP contribution is -2.13. The first-order valence-corrected chi connectivity index (χ1v) is 12.3. The third kappa shape index (κ3) is 10.8. The van der Waals surface area contributed by atoms with Crippen LogP contribution in [-0.2, 0) is 0 Å². The number of allylic oxidation sites excluding steroid dienone is 1. The summed E-state index contributed by atoms with van der Waals surface area (Å²) in [5.74, 6) is 3.61. The molecular formula is C27H44O2. The normalized spacial score (nSPS) is 19.5. The first-order valence-electron chi connectivity index (χ1n) is 12.3. The molecule has 1 aliphatic carbocycles. The minimum atomic E-state index is 0.661. The molecule has 0 unspecified atom stereocenters. The lowest BCUT2D eigenvalue weighted by molar-refractivity contribution is 0.288. The predicted octanol–water partition coefficient (Wildman–Crippen LogP) is 8.36. The van der Waals surface area contributed by atoms with Crippen LogP contribution in [0.2, 0.25) is 0 Å². The van der Waals surface area contributed by atoms with Crippen LogP contribution < -0.4 is 9.47 Å². The van der Waals surface area contributed by atoms with E-state index in [0.29, 0.717) is 6.61 Å². The Labute approximate surface area is 180 Å². The molecule has 2 rings (SSSR count). The van der Waals surface area contributed by atoms with E-state index in [2.05, 4.69) is 26.0 Å². The monoisotopic (exact) mass is 400 g/mol. The maximum atomic E-state index is 5.87. The fraction of sp³-hybridized carbons (Fsp3) is 0.704. The zero-order chi connectivity index (χ0) is 20.6. The summed E-state index contributed by atoms with van der Waals surface area (Å²) >= 11 is 0. The fourth-order valence-electron chi connectivity index (χ4n) is 4.27. The van der Waals surface area contributed by atoms with Crippen LogP contribution in [0.1, 0.15) is 97.3 Å². The molecule has 1 aliphatic rings. The molecule has 0 radical (unpaired) electrons. The zero-order valence-electron chi connectivity index (χ0n) is 19.0. The molecule has 0 heterocycles. The summed E-state index contributed by atoms with van der Waals surface area (Å²) < 4.78 is 11.7. The SMILES string of the molecule is CCCCCCCOc1ccc(OC/C=C/C2CCC(CCCCC)CC2)cc1. The van der Waals surface area contributed by atoms with E-state index >= 15 is 0 Å². The Balaban J connectivity index is 1.55. The van der Waals surface area contributed by atoms with E-state index in [0.717, 1.165) is 36.4 Å². The van der Waals surface area contributed by atoms with E-state index in [1.165, 1.54) is 77.0 Å². The molecule has 0 aromatic heterocycles. The van der Waals surface area contributed by atoms with Crippen LogP contribution in [0, 0.1) is 11.8 Å². The van der Waals surface area contributed by atoms with Gasteiger partial charge in [-0.05, 0) is 68.2 Å². The van der Waals surface area contributed by atoms with Crippen LogP contribution in [-0.4, -0.2) is 13.2 Å². The lowest BCUT2D eigenvalue weighted by Gasteiger charge is -2.26. The van der Waals surface area contributed by atoms with Gasteiger partial charge < -0.3 is 9.47 Å². The third-order valence-electron chi connectivity index (χ3n) is 6.20. The number of ether oxygens (including phenoxy) is 2. The second kappa shape index (κ2) is 15.4. The summed E-state index contributed by atoms with van der Waals surface area (Å²) in [5.41, 5.74) is 0. The third-order valence-corrected chi connectivity index (χ3v) is 6.20. The standard InChI is InChI=1S/C27H44O2/c1-3-5-7-8-10-22-28-26-18-20-27(21-19-26)29-23-11-13-25-16-14-24(15-17-25)12-9-6-4-2/h11,13,18-21,24-25H,3-10,12,14-17,22-23H2,1-2H3/b13-11+. The number of hydrogen-bond acceptors (Lipinski definition) is 2. The van der Waals surface area contributed by atoms with Crippen molar-refractivity contribution in [3.63, 3.8) is 0 Å². The van der Waals surface area contributed by atoms with E-state index in [-0.39, 0.29) is 0 Å². The molecule has 1 fully saturated rings. The highest BCUT2D eigenvalue weighted by Crippen LogP contribution is 2.32.